The molecule has 136 valence electrons. The molecule has 0 aromatic heterocycles. The number of carbonyl (C=O) groups is 1. The molecule has 24 heavy (non-hydrogen) atoms. The summed E-state index contributed by atoms with van der Waals surface area (Å²) in [5.41, 5.74) is 3.21. The molecule has 3 heteroatoms. The van der Waals surface area contributed by atoms with E-state index in [1.807, 2.05) is 0 Å². The van der Waals surface area contributed by atoms with E-state index in [9.17, 15) is 4.79 Å². The molecule has 0 radical (unpaired) electrons. The molecule has 3 nitrogen and oxygen atoms in total. The van der Waals surface area contributed by atoms with Gasteiger partial charge in [-0.25, -0.2) is 4.79 Å². The van der Waals surface area contributed by atoms with Gasteiger partial charge in [0.05, 0.1) is 0 Å². The molecule has 0 spiro atoms. The van der Waals surface area contributed by atoms with E-state index in [2.05, 4.69) is 74.4 Å². The molecular formula is C21H35NO2. The van der Waals surface area contributed by atoms with Crippen LogP contribution in [0.2, 0.25) is 0 Å². The van der Waals surface area contributed by atoms with E-state index < -0.39 is 0 Å². The molecule has 0 fully saturated rings. The van der Waals surface area contributed by atoms with Crippen LogP contribution >= 0.6 is 0 Å². The number of carbonyl (C=O) groups excluding carboxylic acids is 1. The van der Waals surface area contributed by atoms with E-state index in [1.54, 1.807) is 14.1 Å². The number of rotatable bonds is 1. The van der Waals surface area contributed by atoms with E-state index in [-0.39, 0.29) is 22.3 Å². The second kappa shape index (κ2) is 6.42. The highest BCUT2D eigenvalue weighted by Gasteiger charge is 2.31. The van der Waals surface area contributed by atoms with Gasteiger partial charge in [-0.2, -0.15) is 0 Å². The summed E-state index contributed by atoms with van der Waals surface area (Å²) in [5, 5.41) is 0. The van der Waals surface area contributed by atoms with Crippen molar-refractivity contribution in [2.45, 2.75) is 78.6 Å². The molecule has 0 bridgehead atoms. The fourth-order valence-electron chi connectivity index (χ4n) is 2.46. The van der Waals surface area contributed by atoms with Gasteiger partial charge in [0.15, 0.2) is 0 Å². The number of hydrogen-bond acceptors (Lipinski definition) is 2. The third-order valence-electron chi connectivity index (χ3n) is 4.13. The van der Waals surface area contributed by atoms with Gasteiger partial charge in [-0.05, 0) is 21.8 Å². The Morgan fingerprint density at radius 1 is 0.792 bits per heavy atom. The van der Waals surface area contributed by atoms with Crippen LogP contribution in [0.5, 0.6) is 5.75 Å². The quantitative estimate of drug-likeness (QED) is 0.665. The fourth-order valence-corrected chi connectivity index (χ4v) is 2.46. The lowest BCUT2D eigenvalue weighted by Crippen LogP contribution is -2.29. The van der Waals surface area contributed by atoms with Crippen LogP contribution in [0.3, 0.4) is 0 Å². The van der Waals surface area contributed by atoms with Crippen molar-refractivity contribution in [2.24, 2.45) is 0 Å². The van der Waals surface area contributed by atoms with Crippen molar-refractivity contribution < 1.29 is 9.53 Å². The van der Waals surface area contributed by atoms with Crippen LogP contribution in [0.1, 0.15) is 79.0 Å². The smallest absolute Gasteiger partial charge is 0.410 e. The molecule has 0 unspecified atom stereocenters. The molecule has 1 amide bonds. The van der Waals surface area contributed by atoms with Gasteiger partial charge in [-0.1, -0.05) is 74.4 Å². The summed E-state index contributed by atoms with van der Waals surface area (Å²) in [5.74, 6) is 0.710. The first-order valence-corrected chi connectivity index (χ1v) is 8.64. The molecule has 1 rings (SSSR count). The Bertz CT molecular complexity index is 573. The molecule has 0 aliphatic heterocycles. The maximum Gasteiger partial charge on any atom is 0.414 e. The summed E-state index contributed by atoms with van der Waals surface area (Å²) in [6, 6.07) is 4.40. The van der Waals surface area contributed by atoms with E-state index in [0.29, 0.717) is 5.75 Å². The van der Waals surface area contributed by atoms with Gasteiger partial charge < -0.3 is 9.64 Å². The van der Waals surface area contributed by atoms with Crippen molar-refractivity contribution >= 4 is 6.09 Å². The number of ether oxygens (including phenoxy) is 1. The van der Waals surface area contributed by atoms with Gasteiger partial charge in [0.1, 0.15) is 5.75 Å². The normalized spacial score (nSPS) is 13.0. The number of amides is 1. The molecule has 0 aliphatic rings. The molecule has 0 atom stereocenters. The van der Waals surface area contributed by atoms with Crippen molar-refractivity contribution in [3.8, 4) is 5.75 Å². The van der Waals surface area contributed by atoms with Crippen molar-refractivity contribution in [3.05, 3.63) is 28.8 Å². The lowest BCUT2D eigenvalue weighted by Gasteiger charge is -2.33. The van der Waals surface area contributed by atoms with E-state index in [4.69, 9.17) is 4.74 Å². The van der Waals surface area contributed by atoms with Crippen LogP contribution < -0.4 is 4.74 Å². The lowest BCUT2D eigenvalue weighted by molar-refractivity contribution is 0.170. The van der Waals surface area contributed by atoms with Crippen LogP contribution in [-0.4, -0.2) is 25.1 Å². The average molecular weight is 334 g/mol. The Kier molecular flexibility index (Phi) is 5.49. The zero-order valence-electron chi connectivity index (χ0n) is 17.4. The first kappa shape index (κ1) is 20.5. The van der Waals surface area contributed by atoms with E-state index in [1.165, 1.54) is 10.5 Å². The SMILES string of the molecule is CN(C)C(=O)Oc1c(C(C)(C)C)cc(C(C)(C)C)cc1C(C)(C)C. The minimum atomic E-state index is -0.338. The second-order valence-electron chi connectivity index (χ2n) is 9.91. The molecule has 0 N–H and O–H groups in total. The summed E-state index contributed by atoms with van der Waals surface area (Å²) in [7, 11) is 3.42. The molecule has 0 heterocycles. The summed E-state index contributed by atoms with van der Waals surface area (Å²) in [4.78, 5) is 13.7. The predicted molar refractivity (Wildman–Crippen MR) is 102 cm³/mol. The predicted octanol–water partition coefficient (Wildman–Crippen LogP) is 5.64. The molecule has 1 aromatic rings. The zero-order chi connectivity index (χ0) is 19.1. The highest BCUT2D eigenvalue weighted by molar-refractivity contribution is 5.72. The monoisotopic (exact) mass is 333 g/mol. The Balaban J connectivity index is 3.78. The van der Waals surface area contributed by atoms with Crippen molar-refractivity contribution in [1.82, 2.24) is 4.90 Å². The summed E-state index contributed by atoms with van der Waals surface area (Å²) < 4.78 is 5.85. The highest BCUT2D eigenvalue weighted by atomic mass is 16.6. The molecule has 0 aliphatic carbocycles. The van der Waals surface area contributed by atoms with Crippen LogP contribution in [0.25, 0.3) is 0 Å². The summed E-state index contributed by atoms with van der Waals surface area (Å²) in [6.07, 6.45) is -0.338. The fraction of sp³-hybridized carbons (Fsp3) is 0.667. The average Bonchev–Trinajstić information content (AvgIpc) is 2.34. The number of hydrogen-bond donors (Lipinski definition) is 0. The standard InChI is InChI=1S/C21H35NO2/c1-19(2,3)14-12-15(20(4,5)6)17(24-18(23)22(10)11)16(13-14)21(7,8)9/h12-13H,1-11H3. The zero-order valence-corrected chi connectivity index (χ0v) is 17.4. The Morgan fingerprint density at radius 3 is 1.42 bits per heavy atom. The number of nitrogens with zero attached hydrogens (tertiary/aromatic N) is 1. The molecule has 0 saturated heterocycles. The summed E-state index contributed by atoms with van der Waals surface area (Å²) in [6.45, 7) is 19.6. The minimum absolute atomic E-state index is 0.0318. The van der Waals surface area contributed by atoms with Gasteiger partial charge in [-0.15, -0.1) is 0 Å². The largest absolute Gasteiger partial charge is 0.414 e. The first-order chi connectivity index (χ1) is 10.5. The van der Waals surface area contributed by atoms with E-state index in [0.717, 1.165) is 11.1 Å². The van der Waals surface area contributed by atoms with Crippen LogP contribution in [0, 0.1) is 0 Å². The van der Waals surface area contributed by atoms with Crippen LogP contribution in [0.15, 0.2) is 12.1 Å². The Labute approximate surface area is 148 Å². The van der Waals surface area contributed by atoms with E-state index >= 15 is 0 Å². The van der Waals surface area contributed by atoms with Gasteiger partial charge >= 0.3 is 6.09 Å². The maximum absolute atomic E-state index is 12.3. The van der Waals surface area contributed by atoms with Crippen LogP contribution in [0.4, 0.5) is 4.79 Å². The van der Waals surface area contributed by atoms with Crippen molar-refractivity contribution in [2.75, 3.05) is 14.1 Å². The topological polar surface area (TPSA) is 29.5 Å². The lowest BCUT2D eigenvalue weighted by atomic mass is 9.75. The Hall–Kier alpha value is -1.51. The third kappa shape index (κ3) is 4.75. The van der Waals surface area contributed by atoms with Gasteiger partial charge in [0.25, 0.3) is 0 Å². The Morgan fingerprint density at radius 2 is 1.17 bits per heavy atom. The molecular weight excluding hydrogens is 298 g/mol. The highest BCUT2D eigenvalue weighted by Crippen LogP contribution is 2.43. The first-order valence-electron chi connectivity index (χ1n) is 8.64. The number of benzene rings is 1. The third-order valence-corrected chi connectivity index (χ3v) is 4.13. The van der Waals surface area contributed by atoms with Gasteiger partial charge in [0.2, 0.25) is 0 Å². The minimum Gasteiger partial charge on any atom is -0.410 e. The molecule has 1 aromatic carbocycles. The van der Waals surface area contributed by atoms with Crippen molar-refractivity contribution in [1.29, 1.82) is 0 Å². The molecule has 0 saturated carbocycles. The maximum atomic E-state index is 12.3. The van der Waals surface area contributed by atoms with Gasteiger partial charge in [-0.3, -0.25) is 0 Å². The van der Waals surface area contributed by atoms with Gasteiger partial charge in [0, 0.05) is 25.2 Å². The van der Waals surface area contributed by atoms with Crippen molar-refractivity contribution in [3.63, 3.8) is 0 Å². The second-order valence-corrected chi connectivity index (χ2v) is 9.91. The van der Waals surface area contributed by atoms with Crippen LogP contribution in [-0.2, 0) is 16.2 Å². The summed E-state index contributed by atoms with van der Waals surface area (Å²) >= 11 is 0.